The fourth-order valence-corrected chi connectivity index (χ4v) is 1.91. The van der Waals surface area contributed by atoms with Gasteiger partial charge in [0.2, 0.25) is 0 Å². The predicted octanol–water partition coefficient (Wildman–Crippen LogP) is 2.79. The first-order valence-corrected chi connectivity index (χ1v) is 6.19. The molecule has 2 rings (SSSR count). The van der Waals surface area contributed by atoms with Gasteiger partial charge >= 0.3 is 6.18 Å². The van der Waals surface area contributed by atoms with Crippen LogP contribution in [0.5, 0.6) is 11.5 Å². The molecule has 1 amide bonds. The highest BCUT2D eigenvalue weighted by Crippen LogP contribution is 2.37. The van der Waals surface area contributed by atoms with Crippen molar-refractivity contribution >= 4 is 17.5 Å². The molecule has 0 atom stereocenters. The zero-order chi connectivity index (χ0) is 14.8. The maximum atomic E-state index is 12.1. The molecule has 0 saturated heterocycles. The van der Waals surface area contributed by atoms with Crippen LogP contribution < -0.4 is 14.8 Å². The van der Waals surface area contributed by atoms with Gasteiger partial charge in [-0.3, -0.25) is 4.79 Å². The third-order valence-electron chi connectivity index (χ3n) is 2.51. The van der Waals surface area contributed by atoms with Crippen LogP contribution in [0.1, 0.15) is 16.8 Å². The Balaban J connectivity index is 2.19. The SMILES string of the molecule is O=C(NCC(F)(F)F)c1cc(Cl)c2c(c1)OCCCO2. The number of fused-ring (bicyclic) bond motifs is 1. The van der Waals surface area contributed by atoms with Crippen LogP contribution in [-0.4, -0.2) is 31.8 Å². The number of benzene rings is 1. The van der Waals surface area contributed by atoms with E-state index in [0.717, 1.165) is 0 Å². The van der Waals surface area contributed by atoms with E-state index in [4.69, 9.17) is 21.1 Å². The normalized spacial score (nSPS) is 14.6. The van der Waals surface area contributed by atoms with Crippen molar-refractivity contribution in [3.63, 3.8) is 0 Å². The van der Waals surface area contributed by atoms with Crippen molar-refractivity contribution in [2.45, 2.75) is 12.6 Å². The van der Waals surface area contributed by atoms with Gasteiger partial charge in [-0.15, -0.1) is 0 Å². The minimum atomic E-state index is -4.47. The van der Waals surface area contributed by atoms with E-state index in [2.05, 4.69) is 0 Å². The number of halogens is 4. The molecule has 110 valence electrons. The van der Waals surface area contributed by atoms with Gasteiger partial charge in [0.15, 0.2) is 11.5 Å². The van der Waals surface area contributed by atoms with Crippen molar-refractivity contribution in [1.29, 1.82) is 0 Å². The van der Waals surface area contributed by atoms with Crippen LogP contribution >= 0.6 is 11.6 Å². The monoisotopic (exact) mass is 309 g/mol. The molecule has 0 fully saturated rings. The van der Waals surface area contributed by atoms with Crippen molar-refractivity contribution in [1.82, 2.24) is 5.32 Å². The molecule has 1 heterocycles. The summed E-state index contributed by atoms with van der Waals surface area (Å²) < 4.78 is 46.9. The zero-order valence-electron chi connectivity index (χ0n) is 10.2. The molecule has 4 nitrogen and oxygen atoms in total. The standard InChI is InChI=1S/C12H11ClF3NO3/c13-8-4-7(11(18)17-6-12(14,15)16)5-9-10(8)20-3-1-2-19-9/h4-5H,1-3,6H2,(H,17,18). The molecule has 1 aliphatic rings. The highest BCUT2D eigenvalue weighted by molar-refractivity contribution is 6.32. The van der Waals surface area contributed by atoms with Crippen LogP contribution in [0.2, 0.25) is 5.02 Å². The number of hydrogen-bond acceptors (Lipinski definition) is 3. The van der Waals surface area contributed by atoms with E-state index < -0.39 is 18.6 Å². The number of nitrogens with one attached hydrogen (secondary N) is 1. The molecule has 1 aromatic rings. The molecule has 1 N–H and O–H groups in total. The third-order valence-corrected chi connectivity index (χ3v) is 2.79. The van der Waals surface area contributed by atoms with Crippen molar-refractivity contribution in [3.05, 3.63) is 22.7 Å². The Kier molecular flexibility index (Phi) is 4.27. The second-order valence-corrected chi connectivity index (χ2v) is 4.54. The van der Waals surface area contributed by atoms with Crippen molar-refractivity contribution in [2.75, 3.05) is 19.8 Å². The molecular weight excluding hydrogens is 299 g/mol. The topological polar surface area (TPSA) is 47.6 Å². The smallest absolute Gasteiger partial charge is 0.405 e. The van der Waals surface area contributed by atoms with E-state index in [1.165, 1.54) is 12.1 Å². The molecule has 8 heteroatoms. The highest BCUT2D eigenvalue weighted by Gasteiger charge is 2.28. The highest BCUT2D eigenvalue weighted by atomic mass is 35.5. The van der Waals surface area contributed by atoms with Crippen molar-refractivity contribution < 1.29 is 27.4 Å². The van der Waals surface area contributed by atoms with Crippen molar-refractivity contribution in [2.24, 2.45) is 0 Å². The molecule has 20 heavy (non-hydrogen) atoms. The molecule has 0 saturated carbocycles. The Hall–Kier alpha value is -1.63. The summed E-state index contributed by atoms with van der Waals surface area (Å²) in [5, 5.41) is 1.90. The first-order chi connectivity index (χ1) is 9.37. The number of amides is 1. The lowest BCUT2D eigenvalue weighted by atomic mass is 10.2. The maximum Gasteiger partial charge on any atom is 0.405 e. The Labute approximate surface area is 117 Å². The number of alkyl halides is 3. The summed E-state index contributed by atoms with van der Waals surface area (Å²) in [5.74, 6) is -0.316. The maximum absolute atomic E-state index is 12.1. The zero-order valence-corrected chi connectivity index (χ0v) is 11.0. The van der Waals surface area contributed by atoms with E-state index in [0.29, 0.717) is 25.4 Å². The summed E-state index contributed by atoms with van der Waals surface area (Å²) in [6, 6.07) is 2.57. The fourth-order valence-electron chi connectivity index (χ4n) is 1.64. The first kappa shape index (κ1) is 14.8. The van der Waals surface area contributed by atoms with Gasteiger partial charge in [0.25, 0.3) is 5.91 Å². The molecule has 0 radical (unpaired) electrons. The predicted molar refractivity (Wildman–Crippen MR) is 65.4 cm³/mol. The van der Waals surface area contributed by atoms with Gasteiger partial charge in [-0.2, -0.15) is 13.2 Å². The third kappa shape index (κ3) is 3.69. The number of carbonyl (C=O) groups is 1. The molecule has 0 spiro atoms. The lowest BCUT2D eigenvalue weighted by molar-refractivity contribution is -0.123. The second kappa shape index (κ2) is 5.78. The van der Waals surface area contributed by atoms with Gasteiger partial charge in [0, 0.05) is 12.0 Å². The molecule has 0 aromatic heterocycles. The van der Waals surface area contributed by atoms with Crippen LogP contribution in [0.15, 0.2) is 12.1 Å². The first-order valence-electron chi connectivity index (χ1n) is 5.81. The number of hydrogen-bond donors (Lipinski definition) is 1. The van der Waals surface area contributed by atoms with Gasteiger partial charge in [-0.1, -0.05) is 11.6 Å². The van der Waals surface area contributed by atoms with Gasteiger partial charge < -0.3 is 14.8 Å². The molecule has 0 unspecified atom stereocenters. The summed E-state index contributed by atoms with van der Waals surface area (Å²) >= 11 is 5.95. The largest absolute Gasteiger partial charge is 0.489 e. The van der Waals surface area contributed by atoms with Crippen LogP contribution in [0.3, 0.4) is 0 Å². The molecule has 0 aliphatic carbocycles. The van der Waals surface area contributed by atoms with Crippen LogP contribution in [0.25, 0.3) is 0 Å². The summed E-state index contributed by atoms with van der Waals surface area (Å²) in [4.78, 5) is 11.6. The van der Waals surface area contributed by atoms with Crippen molar-refractivity contribution in [3.8, 4) is 11.5 Å². The quantitative estimate of drug-likeness (QED) is 0.914. The van der Waals surface area contributed by atoms with E-state index in [-0.39, 0.29) is 16.3 Å². The van der Waals surface area contributed by atoms with E-state index >= 15 is 0 Å². The van der Waals surface area contributed by atoms with Crippen LogP contribution in [-0.2, 0) is 0 Å². The van der Waals surface area contributed by atoms with Gasteiger partial charge in [-0.05, 0) is 12.1 Å². The number of carbonyl (C=O) groups excluding carboxylic acids is 1. The second-order valence-electron chi connectivity index (χ2n) is 4.13. The van der Waals surface area contributed by atoms with E-state index in [9.17, 15) is 18.0 Å². The fraction of sp³-hybridized carbons (Fsp3) is 0.417. The number of ether oxygens (including phenoxy) is 2. The lowest BCUT2D eigenvalue weighted by Gasteiger charge is -2.12. The minimum Gasteiger partial charge on any atom is -0.489 e. The molecule has 1 aliphatic heterocycles. The van der Waals surface area contributed by atoms with Gasteiger partial charge in [-0.25, -0.2) is 0 Å². The minimum absolute atomic E-state index is 0.0106. The van der Waals surface area contributed by atoms with Gasteiger partial charge in [0.1, 0.15) is 6.54 Å². The average molecular weight is 310 g/mol. The molecular formula is C12H11ClF3NO3. The summed E-state index contributed by atoms with van der Waals surface area (Å²) in [6.45, 7) is -0.596. The molecule has 1 aromatic carbocycles. The number of rotatable bonds is 2. The Morgan fingerprint density at radius 2 is 2.00 bits per heavy atom. The van der Waals surface area contributed by atoms with Gasteiger partial charge in [0.05, 0.1) is 18.2 Å². The lowest BCUT2D eigenvalue weighted by Crippen LogP contribution is -2.33. The summed E-state index contributed by atoms with van der Waals surface area (Å²) in [6.07, 6.45) is -3.81. The summed E-state index contributed by atoms with van der Waals surface area (Å²) in [7, 11) is 0. The Morgan fingerprint density at radius 1 is 1.30 bits per heavy atom. The average Bonchev–Trinajstić information content (AvgIpc) is 2.60. The summed E-state index contributed by atoms with van der Waals surface area (Å²) in [5.41, 5.74) is -0.0106. The Morgan fingerprint density at radius 3 is 2.70 bits per heavy atom. The molecule has 0 bridgehead atoms. The van der Waals surface area contributed by atoms with Crippen LogP contribution in [0.4, 0.5) is 13.2 Å². The van der Waals surface area contributed by atoms with Crippen LogP contribution in [0, 0.1) is 0 Å². The van der Waals surface area contributed by atoms with E-state index in [1.807, 2.05) is 0 Å². The van der Waals surface area contributed by atoms with E-state index in [1.54, 1.807) is 5.32 Å². The Bertz CT molecular complexity index is 519.